The molecule has 120 valence electrons. The lowest BCUT2D eigenvalue weighted by Crippen LogP contribution is -2.40. The van der Waals surface area contributed by atoms with Gasteiger partial charge in [-0.25, -0.2) is 0 Å². The topological polar surface area (TPSA) is 46.3 Å². The highest BCUT2D eigenvalue weighted by Gasteiger charge is 2.26. The van der Waals surface area contributed by atoms with Crippen LogP contribution in [0.4, 0.5) is 0 Å². The van der Waals surface area contributed by atoms with Gasteiger partial charge in [-0.15, -0.1) is 0 Å². The molecule has 0 aliphatic rings. The van der Waals surface area contributed by atoms with Gasteiger partial charge in [0.2, 0.25) is 5.91 Å². The minimum Gasteiger partial charge on any atom is -0.340 e. The smallest absolute Gasteiger partial charge is 0.222 e. The second-order valence-electron chi connectivity index (χ2n) is 7.71. The summed E-state index contributed by atoms with van der Waals surface area (Å²) in [5.74, 6) is 1.33. The molecule has 0 radical (unpaired) electrons. The predicted molar refractivity (Wildman–Crippen MR) is 87.5 cm³/mol. The SMILES string of the molecule is CC(C)CN(C(=O)CCC(CCN)C(C)(C)C)C(C)C. The van der Waals surface area contributed by atoms with E-state index in [1.54, 1.807) is 0 Å². The van der Waals surface area contributed by atoms with E-state index in [1.165, 1.54) is 0 Å². The summed E-state index contributed by atoms with van der Waals surface area (Å²) in [6.45, 7) is 16.8. The van der Waals surface area contributed by atoms with Gasteiger partial charge in [-0.2, -0.15) is 0 Å². The maximum atomic E-state index is 12.5. The van der Waals surface area contributed by atoms with Gasteiger partial charge >= 0.3 is 0 Å². The Morgan fingerprint density at radius 2 is 1.65 bits per heavy atom. The van der Waals surface area contributed by atoms with Gasteiger partial charge in [0, 0.05) is 19.0 Å². The van der Waals surface area contributed by atoms with Crippen LogP contribution in [0.25, 0.3) is 0 Å². The van der Waals surface area contributed by atoms with E-state index in [2.05, 4.69) is 48.5 Å². The van der Waals surface area contributed by atoms with Crippen molar-refractivity contribution in [1.29, 1.82) is 0 Å². The van der Waals surface area contributed by atoms with Crippen LogP contribution in [-0.2, 0) is 4.79 Å². The van der Waals surface area contributed by atoms with Crippen LogP contribution >= 0.6 is 0 Å². The molecule has 0 saturated heterocycles. The van der Waals surface area contributed by atoms with Crippen molar-refractivity contribution in [2.24, 2.45) is 23.0 Å². The summed E-state index contributed by atoms with van der Waals surface area (Å²) in [7, 11) is 0. The van der Waals surface area contributed by atoms with Gasteiger partial charge in [0.05, 0.1) is 0 Å². The largest absolute Gasteiger partial charge is 0.340 e. The van der Waals surface area contributed by atoms with E-state index in [9.17, 15) is 4.79 Å². The summed E-state index contributed by atoms with van der Waals surface area (Å²) < 4.78 is 0. The molecule has 0 aromatic carbocycles. The molecule has 3 heteroatoms. The number of carbonyl (C=O) groups is 1. The van der Waals surface area contributed by atoms with Crippen molar-refractivity contribution in [2.75, 3.05) is 13.1 Å². The van der Waals surface area contributed by atoms with E-state index in [0.717, 1.165) is 19.4 Å². The van der Waals surface area contributed by atoms with E-state index in [1.807, 2.05) is 4.90 Å². The summed E-state index contributed by atoms with van der Waals surface area (Å²) in [4.78, 5) is 14.5. The Bertz CT molecular complexity index is 279. The van der Waals surface area contributed by atoms with Crippen molar-refractivity contribution in [3.05, 3.63) is 0 Å². The zero-order valence-electron chi connectivity index (χ0n) is 14.7. The highest BCUT2D eigenvalue weighted by atomic mass is 16.2. The lowest BCUT2D eigenvalue weighted by atomic mass is 9.76. The maximum Gasteiger partial charge on any atom is 0.222 e. The molecular weight excluding hydrogens is 248 g/mol. The lowest BCUT2D eigenvalue weighted by molar-refractivity contribution is -0.134. The number of amides is 1. The Morgan fingerprint density at radius 3 is 2.00 bits per heavy atom. The van der Waals surface area contributed by atoms with Crippen LogP contribution in [0.1, 0.15) is 67.7 Å². The van der Waals surface area contributed by atoms with E-state index >= 15 is 0 Å². The quantitative estimate of drug-likeness (QED) is 0.739. The maximum absolute atomic E-state index is 12.5. The normalized spacial score (nSPS) is 13.9. The molecule has 0 aromatic rings. The van der Waals surface area contributed by atoms with Gasteiger partial charge in [0.1, 0.15) is 0 Å². The van der Waals surface area contributed by atoms with Crippen LogP contribution < -0.4 is 5.73 Å². The van der Waals surface area contributed by atoms with E-state index in [-0.39, 0.29) is 11.5 Å². The molecule has 0 aliphatic heterocycles. The molecule has 0 bridgehead atoms. The molecule has 1 amide bonds. The third-order valence-electron chi connectivity index (χ3n) is 3.95. The van der Waals surface area contributed by atoms with Crippen molar-refractivity contribution < 1.29 is 4.79 Å². The first-order valence-corrected chi connectivity index (χ1v) is 8.09. The van der Waals surface area contributed by atoms with Crippen molar-refractivity contribution in [1.82, 2.24) is 4.90 Å². The Balaban J connectivity index is 4.55. The predicted octanol–water partition coefficient (Wildman–Crippen LogP) is 3.67. The fraction of sp³-hybridized carbons (Fsp3) is 0.941. The van der Waals surface area contributed by atoms with Gasteiger partial charge in [-0.3, -0.25) is 4.79 Å². The first-order chi connectivity index (χ1) is 9.09. The van der Waals surface area contributed by atoms with Crippen LogP contribution in [0.15, 0.2) is 0 Å². The first kappa shape index (κ1) is 19.4. The zero-order chi connectivity index (χ0) is 15.9. The molecule has 0 aliphatic carbocycles. The zero-order valence-corrected chi connectivity index (χ0v) is 14.7. The molecule has 3 nitrogen and oxygen atoms in total. The van der Waals surface area contributed by atoms with Crippen molar-refractivity contribution in [2.45, 2.75) is 73.8 Å². The summed E-state index contributed by atoms with van der Waals surface area (Å²) in [5.41, 5.74) is 5.93. The summed E-state index contributed by atoms with van der Waals surface area (Å²) >= 11 is 0. The Labute approximate surface area is 126 Å². The Morgan fingerprint density at radius 1 is 1.10 bits per heavy atom. The molecule has 0 rings (SSSR count). The van der Waals surface area contributed by atoms with Gasteiger partial charge in [0.25, 0.3) is 0 Å². The van der Waals surface area contributed by atoms with Crippen LogP contribution in [-0.4, -0.2) is 29.9 Å². The Kier molecular flexibility index (Phi) is 8.41. The number of hydrogen-bond acceptors (Lipinski definition) is 2. The van der Waals surface area contributed by atoms with Crippen molar-refractivity contribution in [3.8, 4) is 0 Å². The standard InChI is InChI=1S/C17H36N2O/c1-13(2)12-19(14(3)4)16(20)9-8-15(10-11-18)17(5,6)7/h13-15H,8-12,18H2,1-7H3. The number of nitrogens with two attached hydrogens (primary N) is 1. The van der Waals surface area contributed by atoms with Gasteiger partial charge < -0.3 is 10.6 Å². The average Bonchev–Trinajstić information content (AvgIpc) is 2.28. The van der Waals surface area contributed by atoms with Gasteiger partial charge in [-0.1, -0.05) is 34.6 Å². The molecule has 0 aromatic heterocycles. The molecule has 1 unspecified atom stereocenters. The second kappa shape index (κ2) is 8.66. The Hall–Kier alpha value is -0.570. The van der Waals surface area contributed by atoms with Crippen LogP contribution in [0.5, 0.6) is 0 Å². The number of hydrogen-bond donors (Lipinski definition) is 1. The number of rotatable bonds is 8. The van der Waals surface area contributed by atoms with Crippen molar-refractivity contribution >= 4 is 5.91 Å². The average molecular weight is 284 g/mol. The molecule has 0 spiro atoms. The minimum atomic E-state index is 0.223. The highest BCUT2D eigenvalue weighted by Crippen LogP contribution is 2.32. The summed E-state index contributed by atoms with van der Waals surface area (Å²) in [6, 6.07) is 0.285. The third-order valence-corrected chi connectivity index (χ3v) is 3.95. The van der Waals surface area contributed by atoms with Gasteiger partial charge in [0.15, 0.2) is 0 Å². The lowest BCUT2D eigenvalue weighted by Gasteiger charge is -2.33. The van der Waals surface area contributed by atoms with Gasteiger partial charge in [-0.05, 0) is 50.5 Å². The molecule has 0 saturated carbocycles. The molecule has 20 heavy (non-hydrogen) atoms. The summed E-state index contributed by atoms with van der Waals surface area (Å²) in [6.07, 6.45) is 2.59. The molecule has 0 heterocycles. The van der Waals surface area contributed by atoms with Crippen LogP contribution in [0.3, 0.4) is 0 Å². The second-order valence-corrected chi connectivity index (χ2v) is 7.71. The van der Waals surface area contributed by atoms with Crippen molar-refractivity contribution in [3.63, 3.8) is 0 Å². The number of nitrogens with zero attached hydrogens (tertiary/aromatic N) is 1. The van der Waals surface area contributed by atoms with E-state index in [4.69, 9.17) is 5.73 Å². The summed E-state index contributed by atoms with van der Waals surface area (Å²) in [5, 5.41) is 0. The molecule has 1 atom stereocenters. The molecule has 0 fully saturated rings. The monoisotopic (exact) mass is 284 g/mol. The number of carbonyl (C=O) groups excluding carboxylic acids is 1. The molecular formula is C17H36N2O. The first-order valence-electron chi connectivity index (χ1n) is 8.09. The fourth-order valence-electron chi connectivity index (χ4n) is 2.65. The molecule has 2 N–H and O–H groups in total. The highest BCUT2D eigenvalue weighted by molar-refractivity contribution is 5.76. The van der Waals surface area contributed by atoms with Crippen LogP contribution in [0.2, 0.25) is 0 Å². The fourth-order valence-corrected chi connectivity index (χ4v) is 2.65. The minimum absolute atomic E-state index is 0.223. The third kappa shape index (κ3) is 7.28. The van der Waals surface area contributed by atoms with E-state index < -0.39 is 0 Å². The van der Waals surface area contributed by atoms with Crippen LogP contribution in [0, 0.1) is 17.3 Å². The van der Waals surface area contributed by atoms with E-state index in [0.29, 0.717) is 30.7 Å².